The van der Waals surface area contributed by atoms with Crippen molar-refractivity contribution in [1.82, 2.24) is 4.90 Å². The molecule has 0 aliphatic carbocycles. The maximum absolute atomic E-state index is 5.81. The first-order valence-corrected chi connectivity index (χ1v) is 6.07. The van der Waals surface area contributed by atoms with E-state index >= 15 is 0 Å². The maximum Gasteiger partial charge on any atom is 0.0238 e. The number of halogens is 1. The van der Waals surface area contributed by atoms with Crippen molar-refractivity contribution in [3.63, 3.8) is 0 Å². The molecular formula is C11H22ClN. The van der Waals surface area contributed by atoms with Crippen LogP contribution in [-0.2, 0) is 0 Å². The van der Waals surface area contributed by atoms with Crippen LogP contribution in [0.2, 0.25) is 0 Å². The second-order valence-electron chi connectivity index (χ2n) is 4.52. The normalized spacial score (nSPS) is 25.4. The minimum absolute atomic E-state index is 0.772. The molecule has 1 fully saturated rings. The second kappa shape index (κ2) is 5.87. The van der Waals surface area contributed by atoms with Crippen LogP contribution >= 0.6 is 11.6 Å². The Hall–Kier alpha value is 0.250. The molecule has 0 bridgehead atoms. The Morgan fingerprint density at radius 3 is 2.77 bits per heavy atom. The monoisotopic (exact) mass is 203 g/mol. The lowest BCUT2D eigenvalue weighted by Crippen LogP contribution is -2.41. The van der Waals surface area contributed by atoms with Crippen LogP contribution in [0.3, 0.4) is 0 Å². The van der Waals surface area contributed by atoms with Crippen LogP contribution in [0.1, 0.15) is 39.5 Å². The van der Waals surface area contributed by atoms with Crippen LogP contribution in [0.5, 0.6) is 0 Å². The molecule has 1 saturated heterocycles. The summed E-state index contributed by atoms with van der Waals surface area (Å²) in [5, 5.41) is 0. The van der Waals surface area contributed by atoms with Gasteiger partial charge in [0.2, 0.25) is 0 Å². The zero-order valence-corrected chi connectivity index (χ0v) is 9.69. The lowest BCUT2D eigenvalue weighted by Gasteiger charge is -2.36. The van der Waals surface area contributed by atoms with Gasteiger partial charge in [-0.15, -0.1) is 11.6 Å². The molecule has 2 heteroatoms. The number of nitrogens with zero attached hydrogens (tertiary/aromatic N) is 1. The van der Waals surface area contributed by atoms with Crippen LogP contribution in [0, 0.1) is 5.92 Å². The Kier molecular flexibility index (Phi) is 5.12. The average Bonchev–Trinajstić information content (AvgIpc) is 2.08. The molecule has 1 atom stereocenters. The highest BCUT2D eigenvalue weighted by Gasteiger charge is 2.21. The number of rotatable bonds is 4. The fourth-order valence-electron chi connectivity index (χ4n) is 2.22. The minimum Gasteiger partial charge on any atom is -0.300 e. The van der Waals surface area contributed by atoms with Gasteiger partial charge in [0.25, 0.3) is 0 Å². The molecule has 1 nitrogen and oxygen atoms in total. The third-order valence-corrected chi connectivity index (χ3v) is 3.01. The third-order valence-electron chi connectivity index (χ3n) is 2.79. The summed E-state index contributed by atoms with van der Waals surface area (Å²) in [6.45, 7) is 7.14. The van der Waals surface area contributed by atoms with Crippen molar-refractivity contribution in [1.29, 1.82) is 0 Å². The van der Waals surface area contributed by atoms with Gasteiger partial charge in [0.1, 0.15) is 0 Å². The van der Waals surface area contributed by atoms with E-state index in [9.17, 15) is 0 Å². The molecule has 0 aromatic carbocycles. The van der Waals surface area contributed by atoms with Crippen molar-refractivity contribution in [3.8, 4) is 0 Å². The summed E-state index contributed by atoms with van der Waals surface area (Å²) in [5.74, 6) is 1.61. The Morgan fingerprint density at radius 2 is 2.15 bits per heavy atom. The Labute approximate surface area is 87.4 Å². The molecule has 1 aliphatic heterocycles. The predicted octanol–water partition coefficient (Wildman–Crippen LogP) is 3.13. The van der Waals surface area contributed by atoms with Crippen molar-refractivity contribution in [3.05, 3.63) is 0 Å². The van der Waals surface area contributed by atoms with E-state index in [1.54, 1.807) is 0 Å². The molecule has 0 saturated carbocycles. The van der Waals surface area contributed by atoms with E-state index in [4.69, 9.17) is 11.6 Å². The Bertz CT molecular complexity index is 134. The van der Waals surface area contributed by atoms with Gasteiger partial charge in [-0.05, 0) is 31.7 Å². The number of hydrogen-bond acceptors (Lipinski definition) is 1. The van der Waals surface area contributed by atoms with Gasteiger partial charge < -0.3 is 4.90 Å². The molecule has 0 radical (unpaired) electrons. The summed E-state index contributed by atoms with van der Waals surface area (Å²) >= 11 is 5.81. The van der Waals surface area contributed by atoms with E-state index in [0.29, 0.717) is 0 Å². The summed E-state index contributed by atoms with van der Waals surface area (Å²) in [5.41, 5.74) is 0. The average molecular weight is 204 g/mol. The molecule has 1 aliphatic rings. The maximum atomic E-state index is 5.81. The van der Waals surface area contributed by atoms with Crippen LogP contribution in [0.25, 0.3) is 0 Å². The molecule has 0 N–H and O–H groups in total. The van der Waals surface area contributed by atoms with Crippen LogP contribution in [0.15, 0.2) is 0 Å². The summed E-state index contributed by atoms with van der Waals surface area (Å²) in [6, 6.07) is 0.772. The van der Waals surface area contributed by atoms with Gasteiger partial charge in [0.15, 0.2) is 0 Å². The number of piperidine rings is 1. The second-order valence-corrected chi connectivity index (χ2v) is 4.89. The van der Waals surface area contributed by atoms with Crippen LogP contribution in [0.4, 0.5) is 0 Å². The molecule has 0 amide bonds. The first kappa shape index (κ1) is 11.3. The van der Waals surface area contributed by atoms with Gasteiger partial charge in [0, 0.05) is 18.5 Å². The molecule has 13 heavy (non-hydrogen) atoms. The summed E-state index contributed by atoms with van der Waals surface area (Å²) in [6.07, 6.45) is 5.31. The van der Waals surface area contributed by atoms with Gasteiger partial charge >= 0.3 is 0 Å². The predicted molar refractivity (Wildman–Crippen MR) is 59.4 cm³/mol. The first-order chi connectivity index (χ1) is 6.24. The smallest absolute Gasteiger partial charge is 0.0238 e. The van der Waals surface area contributed by atoms with E-state index in [1.165, 1.54) is 38.8 Å². The fraction of sp³-hybridized carbons (Fsp3) is 1.00. The number of likely N-dealkylation sites (tertiary alicyclic amines) is 1. The molecule has 1 rings (SSSR count). The van der Waals surface area contributed by atoms with Gasteiger partial charge in [-0.3, -0.25) is 0 Å². The summed E-state index contributed by atoms with van der Waals surface area (Å²) < 4.78 is 0. The zero-order valence-electron chi connectivity index (χ0n) is 8.93. The highest BCUT2D eigenvalue weighted by molar-refractivity contribution is 6.17. The van der Waals surface area contributed by atoms with E-state index in [2.05, 4.69) is 18.7 Å². The van der Waals surface area contributed by atoms with Crippen LogP contribution in [-0.4, -0.2) is 29.9 Å². The highest BCUT2D eigenvalue weighted by atomic mass is 35.5. The Balaban J connectivity index is 2.36. The summed E-state index contributed by atoms with van der Waals surface area (Å²) in [4.78, 5) is 2.64. The largest absolute Gasteiger partial charge is 0.300 e. The molecule has 1 unspecified atom stereocenters. The van der Waals surface area contributed by atoms with E-state index in [0.717, 1.165) is 17.8 Å². The molecular weight excluding hydrogens is 182 g/mol. The van der Waals surface area contributed by atoms with Crippen molar-refractivity contribution < 1.29 is 0 Å². The molecule has 78 valence electrons. The van der Waals surface area contributed by atoms with Gasteiger partial charge in [0.05, 0.1) is 0 Å². The lowest BCUT2D eigenvalue weighted by molar-refractivity contribution is 0.129. The minimum atomic E-state index is 0.772. The summed E-state index contributed by atoms with van der Waals surface area (Å²) in [7, 11) is 0. The first-order valence-electron chi connectivity index (χ1n) is 5.54. The van der Waals surface area contributed by atoms with Crippen molar-refractivity contribution in [2.24, 2.45) is 5.92 Å². The van der Waals surface area contributed by atoms with Gasteiger partial charge in [-0.2, -0.15) is 0 Å². The van der Waals surface area contributed by atoms with Gasteiger partial charge in [-0.1, -0.05) is 20.3 Å². The third kappa shape index (κ3) is 3.86. The topological polar surface area (TPSA) is 3.24 Å². The van der Waals surface area contributed by atoms with Crippen LogP contribution < -0.4 is 0 Å². The number of hydrogen-bond donors (Lipinski definition) is 0. The van der Waals surface area contributed by atoms with Crippen molar-refractivity contribution in [2.75, 3.05) is 19.0 Å². The van der Waals surface area contributed by atoms with E-state index < -0.39 is 0 Å². The zero-order chi connectivity index (χ0) is 9.68. The van der Waals surface area contributed by atoms with Crippen molar-refractivity contribution in [2.45, 2.75) is 45.6 Å². The highest BCUT2D eigenvalue weighted by Crippen LogP contribution is 2.20. The fourth-order valence-corrected chi connectivity index (χ4v) is 2.47. The quantitative estimate of drug-likeness (QED) is 0.635. The van der Waals surface area contributed by atoms with E-state index in [1.807, 2.05) is 0 Å². The van der Waals surface area contributed by atoms with Crippen molar-refractivity contribution >= 4 is 11.6 Å². The molecule has 1 heterocycles. The Morgan fingerprint density at radius 1 is 1.38 bits per heavy atom. The van der Waals surface area contributed by atoms with Gasteiger partial charge in [-0.25, -0.2) is 0 Å². The van der Waals surface area contributed by atoms with E-state index in [-0.39, 0.29) is 0 Å². The molecule has 0 aromatic rings. The standard InChI is InChI=1S/C11H22ClN/c1-10(2)9-13-8-4-3-5-11(13)6-7-12/h10-11H,3-9H2,1-2H3. The molecule has 0 aromatic heterocycles. The SMILES string of the molecule is CC(C)CN1CCCCC1CCCl. The molecule has 0 spiro atoms. The number of alkyl halides is 1. The lowest BCUT2D eigenvalue weighted by atomic mass is 9.99.